The van der Waals surface area contributed by atoms with Crippen LogP contribution in [-0.2, 0) is 14.4 Å². The minimum absolute atomic E-state index is 0.277. The molecule has 0 fully saturated rings. The molecule has 0 radical (unpaired) electrons. The van der Waals surface area contributed by atoms with Crippen molar-refractivity contribution in [1.29, 1.82) is 0 Å². The van der Waals surface area contributed by atoms with E-state index in [1.165, 1.54) is 45.4 Å². The van der Waals surface area contributed by atoms with E-state index < -0.39 is 11.9 Å². The first-order valence-corrected chi connectivity index (χ1v) is 9.84. The van der Waals surface area contributed by atoms with Gasteiger partial charge < -0.3 is 30.7 Å². The van der Waals surface area contributed by atoms with Gasteiger partial charge in [0.15, 0.2) is 0 Å². The Morgan fingerprint density at radius 2 is 1.33 bits per heavy atom. The van der Waals surface area contributed by atoms with Gasteiger partial charge in [0.2, 0.25) is 5.91 Å². The molecule has 1 amide bonds. The number of aliphatic carboxylic acids is 2. The van der Waals surface area contributed by atoms with E-state index >= 15 is 0 Å². The normalized spacial score (nSPS) is 10.5. The number of nitrogens with one attached hydrogen (secondary N) is 1. The largest absolute Gasteiger partial charge is 0.495 e. The number of methoxy groups -OCH3 is 2. The van der Waals surface area contributed by atoms with Crippen LogP contribution in [0.4, 0.5) is 11.4 Å². The van der Waals surface area contributed by atoms with Gasteiger partial charge in [0.05, 0.1) is 24.3 Å². The first kappa shape index (κ1) is 27.3. The maximum absolute atomic E-state index is 11.0. The molecule has 0 aliphatic heterocycles. The van der Waals surface area contributed by atoms with Gasteiger partial charge in [-0.05, 0) is 36.4 Å². The van der Waals surface area contributed by atoms with Crippen molar-refractivity contribution in [2.45, 2.75) is 6.92 Å². The average Bonchev–Trinajstić information content (AvgIpc) is 2.72. The van der Waals surface area contributed by atoms with Gasteiger partial charge in [-0.3, -0.25) is 4.79 Å². The Balaban J connectivity index is 0.000000335. The second-order valence-electron chi connectivity index (χ2n) is 6.21. The molecule has 176 valence electrons. The highest BCUT2D eigenvalue weighted by molar-refractivity contribution is 6.32. The summed E-state index contributed by atoms with van der Waals surface area (Å²) in [5.41, 5.74) is 7.52. The minimum atomic E-state index is -1.09. The summed E-state index contributed by atoms with van der Waals surface area (Å²) in [5, 5.41) is 20.3. The number of hydrogen-bond acceptors (Lipinski definition) is 6. The van der Waals surface area contributed by atoms with Crippen LogP contribution in [0.1, 0.15) is 18.1 Å². The van der Waals surface area contributed by atoms with Crippen molar-refractivity contribution in [3.63, 3.8) is 0 Å². The fourth-order valence-corrected chi connectivity index (χ4v) is 2.86. The summed E-state index contributed by atoms with van der Waals surface area (Å²) in [6.45, 7) is 1.35. The van der Waals surface area contributed by atoms with E-state index in [0.717, 1.165) is 12.2 Å². The van der Waals surface area contributed by atoms with E-state index in [0.29, 0.717) is 44.0 Å². The summed E-state index contributed by atoms with van der Waals surface area (Å²) >= 11 is 11.7. The molecule has 2 rings (SSSR count). The van der Waals surface area contributed by atoms with Crippen molar-refractivity contribution in [3.05, 3.63) is 57.6 Å². The van der Waals surface area contributed by atoms with E-state index in [9.17, 15) is 14.4 Å². The number of nitrogen functional groups attached to an aromatic ring is 1. The average molecular weight is 497 g/mol. The van der Waals surface area contributed by atoms with Crippen molar-refractivity contribution in [1.82, 2.24) is 0 Å². The third-order valence-electron chi connectivity index (χ3n) is 3.80. The lowest BCUT2D eigenvalue weighted by atomic mass is 10.1. The Morgan fingerprint density at radius 3 is 1.79 bits per heavy atom. The molecule has 5 N–H and O–H groups in total. The highest BCUT2D eigenvalue weighted by atomic mass is 35.5. The number of anilines is 2. The number of carbonyl (C=O) groups is 3. The molecule has 0 aliphatic rings. The van der Waals surface area contributed by atoms with Gasteiger partial charge in [-0.25, -0.2) is 9.59 Å². The molecule has 9 nitrogen and oxygen atoms in total. The zero-order valence-electron chi connectivity index (χ0n) is 17.9. The lowest BCUT2D eigenvalue weighted by Crippen LogP contribution is -2.07. The molecule has 11 heteroatoms. The molecule has 0 atom stereocenters. The van der Waals surface area contributed by atoms with Crippen LogP contribution in [0.5, 0.6) is 11.5 Å². The summed E-state index contributed by atoms with van der Waals surface area (Å²) in [6, 6.07) is 6.15. The van der Waals surface area contributed by atoms with Gasteiger partial charge in [0.1, 0.15) is 11.5 Å². The molecule has 0 aromatic heterocycles. The lowest BCUT2D eigenvalue weighted by Gasteiger charge is -2.10. The Bertz CT molecular complexity index is 1100. The van der Waals surface area contributed by atoms with E-state index in [4.69, 9.17) is 48.6 Å². The third kappa shape index (κ3) is 9.14. The highest BCUT2D eigenvalue weighted by Gasteiger charge is 2.09. The van der Waals surface area contributed by atoms with Crippen LogP contribution in [0.25, 0.3) is 12.2 Å². The minimum Gasteiger partial charge on any atom is -0.495 e. The predicted octanol–water partition coefficient (Wildman–Crippen LogP) is 4.43. The summed E-state index contributed by atoms with van der Waals surface area (Å²) in [6.07, 6.45) is 4.70. The number of nitrogens with two attached hydrogens (primary N) is 1. The summed E-state index contributed by atoms with van der Waals surface area (Å²) in [7, 11) is 2.92. The van der Waals surface area contributed by atoms with Gasteiger partial charge >= 0.3 is 11.9 Å². The molecule has 2 aromatic rings. The third-order valence-corrected chi connectivity index (χ3v) is 4.39. The van der Waals surface area contributed by atoms with Crippen molar-refractivity contribution in [2.24, 2.45) is 0 Å². The number of amides is 1. The number of benzene rings is 2. The maximum Gasteiger partial charge on any atom is 0.328 e. The maximum atomic E-state index is 11.0. The molecule has 0 unspecified atom stereocenters. The molecular weight excluding hydrogens is 475 g/mol. The van der Waals surface area contributed by atoms with E-state index in [2.05, 4.69) is 5.32 Å². The lowest BCUT2D eigenvalue weighted by molar-refractivity contribution is -0.132. The molecule has 33 heavy (non-hydrogen) atoms. The fraction of sp³-hybridized carbons (Fsp3) is 0.136. The van der Waals surface area contributed by atoms with Gasteiger partial charge in [-0.2, -0.15) is 0 Å². The van der Waals surface area contributed by atoms with Crippen LogP contribution in [0.2, 0.25) is 10.0 Å². The number of halogens is 2. The molecule has 0 saturated carbocycles. The number of carboxylic acids is 2. The van der Waals surface area contributed by atoms with Crippen molar-refractivity contribution < 1.29 is 34.1 Å². The van der Waals surface area contributed by atoms with Crippen molar-refractivity contribution in [2.75, 3.05) is 25.3 Å². The molecule has 0 saturated heterocycles. The molecule has 2 aromatic carbocycles. The molecule has 0 heterocycles. The van der Waals surface area contributed by atoms with Gasteiger partial charge in [-0.15, -0.1) is 0 Å². The van der Waals surface area contributed by atoms with Crippen LogP contribution >= 0.6 is 23.2 Å². The monoisotopic (exact) mass is 496 g/mol. The Morgan fingerprint density at radius 1 is 0.879 bits per heavy atom. The van der Waals surface area contributed by atoms with Crippen LogP contribution < -0.4 is 20.5 Å². The summed E-state index contributed by atoms with van der Waals surface area (Å²) in [4.78, 5) is 31.9. The molecule has 0 spiro atoms. The SMILES string of the molecule is COc1cc(/C=C/C(=O)O)c(N)cc1Cl.COc1cc(/C=C/C(=O)O)c(NC(C)=O)cc1Cl. The first-order chi connectivity index (χ1) is 15.5. The molecule has 0 bridgehead atoms. The first-order valence-electron chi connectivity index (χ1n) is 9.08. The van der Waals surface area contributed by atoms with Crippen LogP contribution in [0, 0.1) is 0 Å². The quantitative estimate of drug-likeness (QED) is 0.324. The zero-order valence-corrected chi connectivity index (χ0v) is 19.4. The van der Waals surface area contributed by atoms with Crippen LogP contribution in [0.15, 0.2) is 36.4 Å². The number of hydrogen-bond donors (Lipinski definition) is 4. The molecule has 0 aliphatic carbocycles. The second kappa shape index (κ2) is 13.0. The van der Waals surface area contributed by atoms with E-state index in [1.807, 2.05) is 0 Å². The van der Waals surface area contributed by atoms with Crippen LogP contribution in [0.3, 0.4) is 0 Å². The smallest absolute Gasteiger partial charge is 0.328 e. The summed E-state index contributed by atoms with van der Waals surface area (Å²) in [5.74, 6) is -1.55. The van der Waals surface area contributed by atoms with Crippen molar-refractivity contribution in [3.8, 4) is 11.5 Å². The Labute approximate surface area is 200 Å². The number of carboxylic acid groups (broad SMARTS) is 2. The zero-order chi connectivity index (χ0) is 25.1. The van der Waals surface area contributed by atoms with Crippen LogP contribution in [-0.4, -0.2) is 42.3 Å². The Hall–Kier alpha value is -3.69. The topological polar surface area (TPSA) is 148 Å². The van der Waals surface area contributed by atoms with Gasteiger partial charge in [0, 0.05) is 41.6 Å². The molecular formula is C22H22Cl2N2O7. The van der Waals surface area contributed by atoms with E-state index in [-0.39, 0.29) is 5.91 Å². The van der Waals surface area contributed by atoms with Gasteiger partial charge in [-0.1, -0.05) is 23.2 Å². The number of rotatable bonds is 7. The summed E-state index contributed by atoms with van der Waals surface area (Å²) < 4.78 is 10.0. The number of ether oxygens (including phenoxy) is 2. The fourth-order valence-electron chi connectivity index (χ4n) is 2.37. The number of carbonyl (C=O) groups excluding carboxylic acids is 1. The second-order valence-corrected chi connectivity index (χ2v) is 7.03. The Kier molecular flexibility index (Phi) is 10.8. The highest BCUT2D eigenvalue weighted by Crippen LogP contribution is 2.32. The van der Waals surface area contributed by atoms with Gasteiger partial charge in [0.25, 0.3) is 0 Å². The van der Waals surface area contributed by atoms with E-state index in [1.54, 1.807) is 12.1 Å². The van der Waals surface area contributed by atoms with Crippen molar-refractivity contribution >= 4 is 64.6 Å². The standard InChI is InChI=1S/C12H12ClNO4.C10H10ClNO3/c1-7(15)14-10-6-9(13)11(18-2)5-8(10)3-4-12(16)17;1-15-9-4-6(2-3-10(13)14)8(12)5-7(9)11/h3-6H,1-2H3,(H,14,15)(H,16,17);2-5H,12H2,1H3,(H,13,14)/b4-3+;3-2+. The predicted molar refractivity (Wildman–Crippen MR) is 128 cm³/mol.